The third-order valence-electron chi connectivity index (χ3n) is 5.02. The molecule has 0 aliphatic heterocycles. The molecule has 0 saturated heterocycles. The standard InChI is InChI=1S/C20H23N3O2/c1-24-19-9-14-4-3-5-17(16(14)10-20(19)25-2)21-11-13-6-7-15-12-22-23-18(15)8-13/h6-10,12,17,21H,3-5,11H2,1-2H3,(H,22,23). The van der Waals surface area contributed by atoms with Gasteiger partial charge >= 0.3 is 0 Å². The molecule has 5 nitrogen and oxygen atoms in total. The Morgan fingerprint density at radius 1 is 1.16 bits per heavy atom. The molecule has 2 N–H and O–H groups in total. The molecule has 0 bridgehead atoms. The second-order valence-electron chi connectivity index (χ2n) is 6.52. The average Bonchev–Trinajstić information content (AvgIpc) is 3.12. The maximum absolute atomic E-state index is 5.49. The van der Waals surface area contributed by atoms with Crippen LogP contribution in [0.4, 0.5) is 0 Å². The number of H-pyrrole nitrogens is 1. The van der Waals surface area contributed by atoms with E-state index in [4.69, 9.17) is 9.47 Å². The molecule has 0 saturated carbocycles. The van der Waals surface area contributed by atoms with Crippen molar-refractivity contribution in [3.05, 3.63) is 53.2 Å². The summed E-state index contributed by atoms with van der Waals surface area (Å²) >= 11 is 0. The van der Waals surface area contributed by atoms with E-state index in [0.717, 1.165) is 41.8 Å². The van der Waals surface area contributed by atoms with Crippen LogP contribution < -0.4 is 14.8 Å². The fraction of sp³-hybridized carbons (Fsp3) is 0.350. The Hall–Kier alpha value is -2.53. The molecule has 5 heteroatoms. The highest BCUT2D eigenvalue weighted by molar-refractivity contribution is 5.78. The molecule has 0 amide bonds. The van der Waals surface area contributed by atoms with Crippen LogP contribution >= 0.6 is 0 Å². The minimum absolute atomic E-state index is 0.334. The van der Waals surface area contributed by atoms with Gasteiger partial charge in [0.2, 0.25) is 0 Å². The van der Waals surface area contributed by atoms with E-state index in [1.54, 1.807) is 14.2 Å². The molecule has 2 aromatic carbocycles. The Labute approximate surface area is 147 Å². The van der Waals surface area contributed by atoms with Crippen LogP contribution in [0.1, 0.15) is 35.6 Å². The fourth-order valence-corrected chi connectivity index (χ4v) is 3.68. The lowest BCUT2D eigenvalue weighted by molar-refractivity contribution is 0.351. The SMILES string of the molecule is COc1cc2c(cc1OC)C(NCc1ccc3cn[nH]c3c1)CCC2. The van der Waals surface area contributed by atoms with Crippen LogP contribution in [0.15, 0.2) is 36.5 Å². The van der Waals surface area contributed by atoms with Gasteiger partial charge < -0.3 is 14.8 Å². The summed E-state index contributed by atoms with van der Waals surface area (Å²) in [6, 6.07) is 11.0. The summed E-state index contributed by atoms with van der Waals surface area (Å²) < 4.78 is 10.9. The van der Waals surface area contributed by atoms with Crippen LogP contribution in [-0.2, 0) is 13.0 Å². The van der Waals surface area contributed by atoms with Crippen LogP contribution in [0, 0.1) is 0 Å². The van der Waals surface area contributed by atoms with Gasteiger partial charge in [-0.3, -0.25) is 5.10 Å². The number of nitrogens with zero attached hydrogens (tertiary/aromatic N) is 1. The minimum Gasteiger partial charge on any atom is -0.493 e. The molecule has 1 atom stereocenters. The van der Waals surface area contributed by atoms with Gasteiger partial charge in [0.15, 0.2) is 11.5 Å². The number of aromatic nitrogens is 2. The van der Waals surface area contributed by atoms with Crippen molar-refractivity contribution in [3.63, 3.8) is 0 Å². The van der Waals surface area contributed by atoms with Crippen molar-refractivity contribution in [2.75, 3.05) is 14.2 Å². The van der Waals surface area contributed by atoms with E-state index in [0.29, 0.717) is 6.04 Å². The van der Waals surface area contributed by atoms with E-state index in [-0.39, 0.29) is 0 Å². The number of methoxy groups -OCH3 is 2. The van der Waals surface area contributed by atoms with Crippen molar-refractivity contribution in [2.24, 2.45) is 0 Å². The van der Waals surface area contributed by atoms with Gasteiger partial charge in [0.25, 0.3) is 0 Å². The molecule has 4 rings (SSSR count). The molecule has 130 valence electrons. The Bertz CT molecular complexity index is 888. The lowest BCUT2D eigenvalue weighted by Crippen LogP contribution is -2.25. The number of fused-ring (bicyclic) bond motifs is 2. The zero-order valence-corrected chi connectivity index (χ0v) is 14.6. The summed E-state index contributed by atoms with van der Waals surface area (Å²) in [7, 11) is 3.38. The summed E-state index contributed by atoms with van der Waals surface area (Å²) in [5, 5.41) is 12.0. The van der Waals surface area contributed by atoms with Crippen LogP contribution in [0.5, 0.6) is 11.5 Å². The number of nitrogens with one attached hydrogen (secondary N) is 2. The Morgan fingerprint density at radius 2 is 2.00 bits per heavy atom. The molecule has 1 aliphatic rings. The van der Waals surface area contributed by atoms with Crippen LogP contribution in [-0.4, -0.2) is 24.4 Å². The Balaban J connectivity index is 1.55. The molecule has 0 spiro atoms. The summed E-state index contributed by atoms with van der Waals surface area (Å²) in [6.07, 6.45) is 5.26. The lowest BCUT2D eigenvalue weighted by Gasteiger charge is -2.28. The van der Waals surface area contributed by atoms with Gasteiger partial charge in [-0.2, -0.15) is 5.10 Å². The first kappa shape index (κ1) is 16.0. The van der Waals surface area contributed by atoms with Gasteiger partial charge in [-0.15, -0.1) is 0 Å². The maximum atomic E-state index is 5.49. The second-order valence-corrected chi connectivity index (χ2v) is 6.52. The number of ether oxygens (including phenoxy) is 2. The molecule has 1 aliphatic carbocycles. The summed E-state index contributed by atoms with van der Waals surface area (Å²) in [6.45, 7) is 0.827. The third kappa shape index (κ3) is 3.07. The van der Waals surface area contributed by atoms with Crippen molar-refractivity contribution >= 4 is 10.9 Å². The molecule has 1 heterocycles. The number of benzene rings is 2. The number of aromatic amines is 1. The second kappa shape index (κ2) is 6.76. The number of rotatable bonds is 5. The molecule has 0 radical (unpaired) electrons. The topological polar surface area (TPSA) is 59.2 Å². The zero-order valence-electron chi connectivity index (χ0n) is 14.6. The molecule has 1 unspecified atom stereocenters. The zero-order chi connectivity index (χ0) is 17.2. The van der Waals surface area contributed by atoms with Crippen molar-refractivity contribution < 1.29 is 9.47 Å². The van der Waals surface area contributed by atoms with Gasteiger partial charge in [-0.05, 0) is 54.2 Å². The van der Waals surface area contributed by atoms with Crippen molar-refractivity contribution in [1.82, 2.24) is 15.5 Å². The lowest BCUT2D eigenvalue weighted by atomic mass is 9.87. The van der Waals surface area contributed by atoms with Crippen LogP contribution in [0.3, 0.4) is 0 Å². The van der Waals surface area contributed by atoms with Gasteiger partial charge in [0.05, 0.1) is 25.9 Å². The first-order valence-electron chi connectivity index (χ1n) is 8.68. The average molecular weight is 337 g/mol. The molecular weight excluding hydrogens is 314 g/mol. The summed E-state index contributed by atoms with van der Waals surface area (Å²) in [5.41, 5.74) is 5.01. The summed E-state index contributed by atoms with van der Waals surface area (Å²) in [5.74, 6) is 1.61. The first-order valence-corrected chi connectivity index (χ1v) is 8.68. The number of hydrogen-bond donors (Lipinski definition) is 2. The quantitative estimate of drug-likeness (QED) is 0.744. The summed E-state index contributed by atoms with van der Waals surface area (Å²) in [4.78, 5) is 0. The molecule has 1 aromatic heterocycles. The van der Waals surface area contributed by atoms with Crippen molar-refractivity contribution in [3.8, 4) is 11.5 Å². The fourth-order valence-electron chi connectivity index (χ4n) is 3.68. The monoisotopic (exact) mass is 337 g/mol. The van der Waals surface area contributed by atoms with E-state index < -0.39 is 0 Å². The van der Waals surface area contributed by atoms with E-state index in [2.05, 4.69) is 45.8 Å². The Kier molecular flexibility index (Phi) is 4.32. The molecular formula is C20H23N3O2. The molecule has 0 fully saturated rings. The number of hydrogen-bond acceptors (Lipinski definition) is 4. The highest BCUT2D eigenvalue weighted by Crippen LogP contribution is 2.38. The smallest absolute Gasteiger partial charge is 0.161 e. The predicted octanol–water partition coefficient (Wildman–Crippen LogP) is 3.75. The highest BCUT2D eigenvalue weighted by atomic mass is 16.5. The molecule has 3 aromatic rings. The normalized spacial score (nSPS) is 16.6. The largest absolute Gasteiger partial charge is 0.493 e. The highest BCUT2D eigenvalue weighted by Gasteiger charge is 2.22. The molecule has 25 heavy (non-hydrogen) atoms. The van der Waals surface area contributed by atoms with Crippen molar-refractivity contribution in [2.45, 2.75) is 31.8 Å². The maximum Gasteiger partial charge on any atom is 0.161 e. The predicted molar refractivity (Wildman–Crippen MR) is 98.2 cm³/mol. The van der Waals surface area contributed by atoms with Gasteiger partial charge in [-0.25, -0.2) is 0 Å². The van der Waals surface area contributed by atoms with Crippen molar-refractivity contribution in [1.29, 1.82) is 0 Å². The van der Waals surface area contributed by atoms with Gasteiger partial charge in [0, 0.05) is 18.0 Å². The van der Waals surface area contributed by atoms with E-state index in [9.17, 15) is 0 Å². The van der Waals surface area contributed by atoms with Gasteiger partial charge in [0.1, 0.15) is 0 Å². The van der Waals surface area contributed by atoms with E-state index in [1.165, 1.54) is 23.1 Å². The van der Waals surface area contributed by atoms with E-state index in [1.807, 2.05) is 6.20 Å². The van der Waals surface area contributed by atoms with Crippen LogP contribution in [0.2, 0.25) is 0 Å². The van der Waals surface area contributed by atoms with Gasteiger partial charge in [-0.1, -0.05) is 12.1 Å². The van der Waals surface area contributed by atoms with Crippen LogP contribution in [0.25, 0.3) is 10.9 Å². The number of aryl methyl sites for hydroxylation is 1. The third-order valence-corrected chi connectivity index (χ3v) is 5.02. The minimum atomic E-state index is 0.334. The Morgan fingerprint density at radius 3 is 2.84 bits per heavy atom. The first-order chi connectivity index (χ1) is 12.3. The van der Waals surface area contributed by atoms with E-state index >= 15 is 0 Å².